The Morgan fingerprint density at radius 3 is 2.42 bits per heavy atom. The lowest BCUT2D eigenvalue weighted by Gasteiger charge is -2.07. The Balaban J connectivity index is 2.15. The third-order valence-corrected chi connectivity index (χ3v) is 5.31. The van der Waals surface area contributed by atoms with E-state index < -0.39 is 5.97 Å². The number of halogens is 1. The number of hydrogen-bond acceptors (Lipinski definition) is 5. The number of esters is 1. The van der Waals surface area contributed by atoms with Crippen molar-refractivity contribution >= 4 is 45.6 Å². The SMILES string of the molecule is CCOC(=O)c1c(NC(=O)CCc2ccc(Cl)cc2)sc(C(C)=O)c1C. The van der Waals surface area contributed by atoms with Gasteiger partial charge in [-0.3, -0.25) is 9.59 Å². The minimum Gasteiger partial charge on any atom is -0.462 e. The van der Waals surface area contributed by atoms with Crippen LogP contribution in [-0.2, 0) is 16.0 Å². The van der Waals surface area contributed by atoms with E-state index in [0.717, 1.165) is 16.9 Å². The molecule has 1 aromatic carbocycles. The molecule has 1 N–H and O–H groups in total. The second kappa shape index (κ2) is 8.96. The van der Waals surface area contributed by atoms with Gasteiger partial charge in [-0.15, -0.1) is 11.3 Å². The molecule has 0 saturated carbocycles. The Morgan fingerprint density at radius 1 is 1.19 bits per heavy atom. The number of rotatable bonds is 7. The van der Waals surface area contributed by atoms with Crippen molar-refractivity contribution < 1.29 is 19.1 Å². The Bertz CT molecular complexity index is 827. The average molecular weight is 394 g/mol. The molecule has 0 spiro atoms. The fraction of sp³-hybridized carbons (Fsp3) is 0.316. The smallest absolute Gasteiger partial charge is 0.341 e. The highest BCUT2D eigenvalue weighted by Crippen LogP contribution is 2.34. The van der Waals surface area contributed by atoms with E-state index in [-0.39, 0.29) is 30.3 Å². The van der Waals surface area contributed by atoms with Crippen molar-refractivity contribution in [3.05, 3.63) is 50.9 Å². The van der Waals surface area contributed by atoms with E-state index in [2.05, 4.69) is 5.32 Å². The van der Waals surface area contributed by atoms with E-state index in [0.29, 0.717) is 26.9 Å². The summed E-state index contributed by atoms with van der Waals surface area (Å²) in [6.07, 6.45) is 0.790. The van der Waals surface area contributed by atoms with Crippen LogP contribution >= 0.6 is 22.9 Å². The van der Waals surface area contributed by atoms with E-state index in [1.165, 1.54) is 6.92 Å². The number of thiophene rings is 1. The molecular weight excluding hydrogens is 374 g/mol. The minimum atomic E-state index is -0.540. The van der Waals surface area contributed by atoms with Gasteiger partial charge >= 0.3 is 5.97 Å². The minimum absolute atomic E-state index is 0.153. The third-order valence-electron chi connectivity index (χ3n) is 3.75. The molecule has 0 atom stereocenters. The molecule has 1 aromatic heterocycles. The number of anilines is 1. The predicted octanol–water partition coefficient (Wildman–Crippen LogP) is 4.66. The standard InChI is InChI=1S/C19H20ClNO4S/c1-4-25-19(24)16-11(2)17(12(3)22)26-18(16)21-15(23)10-7-13-5-8-14(20)9-6-13/h5-6,8-9H,4,7,10H2,1-3H3,(H,21,23). The van der Waals surface area contributed by atoms with Gasteiger partial charge in [-0.05, 0) is 50.5 Å². The fourth-order valence-corrected chi connectivity index (χ4v) is 3.72. The Morgan fingerprint density at radius 2 is 1.85 bits per heavy atom. The third kappa shape index (κ3) is 4.93. The normalized spacial score (nSPS) is 10.5. The highest BCUT2D eigenvalue weighted by atomic mass is 35.5. The number of amides is 1. The number of carbonyl (C=O) groups is 3. The zero-order chi connectivity index (χ0) is 19.3. The number of benzene rings is 1. The molecule has 0 aliphatic carbocycles. The summed E-state index contributed by atoms with van der Waals surface area (Å²) < 4.78 is 5.06. The number of Topliss-reactive ketones (excluding diaryl/α,β-unsaturated/α-hetero) is 1. The summed E-state index contributed by atoms with van der Waals surface area (Å²) in [5.41, 5.74) is 1.78. The van der Waals surface area contributed by atoms with E-state index in [1.54, 1.807) is 26.0 Å². The van der Waals surface area contributed by atoms with Gasteiger partial charge < -0.3 is 10.1 Å². The van der Waals surface area contributed by atoms with Crippen LogP contribution in [0.25, 0.3) is 0 Å². The monoisotopic (exact) mass is 393 g/mol. The Labute approximate surface area is 161 Å². The van der Waals surface area contributed by atoms with Gasteiger partial charge in [0, 0.05) is 11.4 Å². The Hall–Kier alpha value is -2.18. The molecule has 0 fully saturated rings. The van der Waals surface area contributed by atoms with E-state index in [1.807, 2.05) is 12.1 Å². The van der Waals surface area contributed by atoms with Gasteiger partial charge in [-0.2, -0.15) is 0 Å². The summed E-state index contributed by atoms with van der Waals surface area (Å²) in [4.78, 5) is 36.7. The maximum absolute atomic E-state index is 12.3. The number of aryl methyl sites for hydroxylation is 1. The highest BCUT2D eigenvalue weighted by molar-refractivity contribution is 7.18. The first-order valence-electron chi connectivity index (χ1n) is 8.19. The van der Waals surface area contributed by atoms with Crippen molar-refractivity contribution in [2.24, 2.45) is 0 Å². The first-order valence-corrected chi connectivity index (χ1v) is 9.38. The van der Waals surface area contributed by atoms with Crippen LogP contribution in [0.15, 0.2) is 24.3 Å². The van der Waals surface area contributed by atoms with Gasteiger partial charge in [0.2, 0.25) is 5.91 Å². The van der Waals surface area contributed by atoms with Crippen LogP contribution < -0.4 is 5.32 Å². The number of ether oxygens (including phenoxy) is 1. The summed E-state index contributed by atoms with van der Waals surface area (Å²) >= 11 is 6.95. The molecule has 26 heavy (non-hydrogen) atoms. The molecule has 0 unspecified atom stereocenters. The molecule has 0 aliphatic rings. The second-order valence-electron chi connectivity index (χ2n) is 5.71. The Kier molecular flexibility index (Phi) is 6.94. The van der Waals surface area contributed by atoms with Crippen LogP contribution in [0, 0.1) is 6.92 Å². The van der Waals surface area contributed by atoms with Crippen molar-refractivity contribution in [1.82, 2.24) is 0 Å². The zero-order valence-electron chi connectivity index (χ0n) is 14.8. The predicted molar refractivity (Wildman–Crippen MR) is 103 cm³/mol. The maximum atomic E-state index is 12.3. The molecule has 0 radical (unpaired) electrons. The molecule has 5 nitrogen and oxygen atoms in total. The molecule has 2 aromatic rings. The molecular formula is C19H20ClNO4S. The van der Waals surface area contributed by atoms with Gasteiger partial charge in [0.15, 0.2) is 5.78 Å². The van der Waals surface area contributed by atoms with Gasteiger partial charge in [0.05, 0.1) is 17.0 Å². The largest absolute Gasteiger partial charge is 0.462 e. The first-order chi connectivity index (χ1) is 12.3. The van der Waals surface area contributed by atoms with Crippen molar-refractivity contribution in [2.75, 3.05) is 11.9 Å². The summed E-state index contributed by atoms with van der Waals surface area (Å²) in [6.45, 7) is 5.03. The number of carbonyl (C=O) groups excluding carboxylic acids is 3. The quantitative estimate of drug-likeness (QED) is 0.548. The molecule has 2 rings (SSSR count). The lowest BCUT2D eigenvalue weighted by atomic mass is 10.1. The summed E-state index contributed by atoms with van der Waals surface area (Å²) in [5, 5.41) is 3.74. The molecule has 7 heteroatoms. The van der Waals surface area contributed by atoms with E-state index >= 15 is 0 Å². The molecule has 1 amide bonds. The van der Waals surface area contributed by atoms with Crippen LogP contribution in [0.3, 0.4) is 0 Å². The lowest BCUT2D eigenvalue weighted by molar-refractivity contribution is -0.116. The lowest BCUT2D eigenvalue weighted by Crippen LogP contribution is -2.15. The van der Waals surface area contributed by atoms with Gasteiger partial charge in [-0.1, -0.05) is 23.7 Å². The summed E-state index contributed by atoms with van der Waals surface area (Å²) in [6, 6.07) is 7.27. The number of hydrogen-bond donors (Lipinski definition) is 1. The van der Waals surface area contributed by atoms with Crippen LogP contribution in [-0.4, -0.2) is 24.3 Å². The molecule has 138 valence electrons. The topological polar surface area (TPSA) is 72.5 Å². The summed E-state index contributed by atoms with van der Waals surface area (Å²) in [5.74, 6) is -0.927. The van der Waals surface area contributed by atoms with Gasteiger partial charge in [0.1, 0.15) is 5.00 Å². The molecule has 0 saturated heterocycles. The van der Waals surface area contributed by atoms with Gasteiger partial charge in [-0.25, -0.2) is 4.79 Å². The van der Waals surface area contributed by atoms with Crippen LogP contribution in [0.5, 0.6) is 0 Å². The van der Waals surface area contributed by atoms with Crippen LogP contribution in [0.2, 0.25) is 5.02 Å². The fourth-order valence-electron chi connectivity index (χ4n) is 2.48. The van der Waals surface area contributed by atoms with E-state index in [4.69, 9.17) is 16.3 Å². The highest BCUT2D eigenvalue weighted by Gasteiger charge is 2.25. The number of ketones is 1. The molecule has 1 heterocycles. The number of nitrogens with one attached hydrogen (secondary N) is 1. The first kappa shape index (κ1) is 20.1. The summed E-state index contributed by atoms with van der Waals surface area (Å²) in [7, 11) is 0. The zero-order valence-corrected chi connectivity index (χ0v) is 16.4. The second-order valence-corrected chi connectivity index (χ2v) is 7.17. The van der Waals surface area contributed by atoms with Crippen molar-refractivity contribution in [3.8, 4) is 0 Å². The van der Waals surface area contributed by atoms with Crippen LogP contribution in [0.4, 0.5) is 5.00 Å². The van der Waals surface area contributed by atoms with Crippen molar-refractivity contribution in [2.45, 2.75) is 33.6 Å². The average Bonchev–Trinajstić information content (AvgIpc) is 2.91. The molecule has 0 aliphatic heterocycles. The van der Waals surface area contributed by atoms with Crippen LogP contribution in [0.1, 0.15) is 51.4 Å². The van der Waals surface area contributed by atoms with E-state index in [9.17, 15) is 14.4 Å². The maximum Gasteiger partial charge on any atom is 0.341 e. The van der Waals surface area contributed by atoms with Crippen molar-refractivity contribution in [1.29, 1.82) is 0 Å². The van der Waals surface area contributed by atoms with Gasteiger partial charge in [0.25, 0.3) is 0 Å². The molecule has 0 bridgehead atoms. The van der Waals surface area contributed by atoms with Crippen molar-refractivity contribution in [3.63, 3.8) is 0 Å².